The van der Waals surface area contributed by atoms with E-state index < -0.39 is 18.3 Å². The predicted octanol–water partition coefficient (Wildman–Crippen LogP) is 3.04. The van der Waals surface area contributed by atoms with E-state index in [1.165, 1.54) is 6.20 Å². The zero-order valence-corrected chi connectivity index (χ0v) is 17.2. The fourth-order valence-electron chi connectivity index (χ4n) is 3.25. The lowest BCUT2D eigenvalue weighted by atomic mass is 9.80. The Morgan fingerprint density at radius 3 is 2.55 bits per heavy atom. The number of aromatic nitrogens is 3. The van der Waals surface area contributed by atoms with Crippen molar-refractivity contribution in [3.8, 4) is 11.8 Å². The number of hydrogen-bond donors (Lipinski definition) is 0. The van der Waals surface area contributed by atoms with Gasteiger partial charge in [0.25, 0.3) is 0 Å². The van der Waals surface area contributed by atoms with Gasteiger partial charge in [-0.1, -0.05) is 6.07 Å². The van der Waals surface area contributed by atoms with Crippen LogP contribution in [0.15, 0.2) is 42.9 Å². The molecular weight excluding hydrogens is 367 g/mol. The second-order valence-electron chi connectivity index (χ2n) is 8.20. The summed E-state index contributed by atoms with van der Waals surface area (Å²) in [7, 11) is -0.563. The first kappa shape index (κ1) is 19.4. The molecule has 3 aromatic rings. The molecule has 0 saturated carbocycles. The quantitative estimate of drug-likeness (QED) is 0.637. The lowest BCUT2D eigenvalue weighted by molar-refractivity contribution is 0.00578. The van der Waals surface area contributed by atoms with Crippen LogP contribution in [0.2, 0.25) is 0 Å². The average molecular weight is 390 g/mol. The molecule has 0 amide bonds. The van der Waals surface area contributed by atoms with Crippen LogP contribution in [0.25, 0.3) is 5.52 Å². The first-order chi connectivity index (χ1) is 13.7. The molecule has 0 spiro atoms. The van der Waals surface area contributed by atoms with Crippen LogP contribution in [0, 0.1) is 11.3 Å². The minimum atomic E-state index is -0.563. The molecule has 1 atom stereocenters. The van der Waals surface area contributed by atoms with Gasteiger partial charge in [-0.15, -0.1) is 0 Å². The van der Waals surface area contributed by atoms with Gasteiger partial charge >= 0.3 is 7.12 Å². The molecule has 1 saturated heterocycles. The molecule has 148 valence electrons. The van der Waals surface area contributed by atoms with Crippen molar-refractivity contribution < 1.29 is 14.0 Å². The standard InChI is InChI=1S/C21H23BN4O3/c1-14(17-8-6-7-9-24-17)27-18-10-16(13-26-19(18)15(11-23)12-25-26)22-28-20(2,3)21(4,5)29-22/h6-10,12-14H,1-5H3/t14-/m0/s1. The predicted molar refractivity (Wildman–Crippen MR) is 109 cm³/mol. The number of rotatable bonds is 4. The Bertz CT molecular complexity index is 1070. The second-order valence-corrected chi connectivity index (χ2v) is 8.20. The van der Waals surface area contributed by atoms with Gasteiger partial charge in [0.2, 0.25) is 0 Å². The van der Waals surface area contributed by atoms with Crippen LogP contribution in [0.3, 0.4) is 0 Å². The fraction of sp³-hybridized carbons (Fsp3) is 0.381. The van der Waals surface area contributed by atoms with Crippen LogP contribution in [0.4, 0.5) is 0 Å². The molecule has 4 heterocycles. The van der Waals surface area contributed by atoms with Crippen LogP contribution in [-0.2, 0) is 9.31 Å². The van der Waals surface area contributed by atoms with Crippen molar-refractivity contribution in [1.82, 2.24) is 14.6 Å². The summed E-state index contributed by atoms with van der Waals surface area (Å²) in [6.45, 7) is 9.95. The Morgan fingerprint density at radius 2 is 1.93 bits per heavy atom. The fourth-order valence-corrected chi connectivity index (χ4v) is 3.25. The number of ether oxygens (including phenoxy) is 1. The minimum Gasteiger partial charge on any atom is -0.482 e. The largest absolute Gasteiger partial charge is 0.496 e. The van der Waals surface area contributed by atoms with E-state index in [1.807, 2.05) is 65.1 Å². The van der Waals surface area contributed by atoms with Crippen molar-refractivity contribution >= 4 is 18.1 Å². The number of pyridine rings is 2. The number of hydrogen-bond acceptors (Lipinski definition) is 6. The van der Waals surface area contributed by atoms with Crippen molar-refractivity contribution in [3.05, 3.63) is 54.1 Å². The molecule has 4 rings (SSSR count). The second kappa shape index (κ2) is 6.87. The molecule has 29 heavy (non-hydrogen) atoms. The van der Waals surface area contributed by atoms with E-state index in [2.05, 4.69) is 16.2 Å². The molecule has 3 aromatic heterocycles. The molecule has 1 fully saturated rings. The van der Waals surface area contributed by atoms with Gasteiger partial charge in [-0.25, -0.2) is 4.52 Å². The van der Waals surface area contributed by atoms with Crippen molar-refractivity contribution in [3.63, 3.8) is 0 Å². The maximum Gasteiger partial charge on any atom is 0.496 e. The van der Waals surface area contributed by atoms with Gasteiger partial charge < -0.3 is 14.0 Å². The highest BCUT2D eigenvalue weighted by atomic mass is 16.7. The SMILES string of the molecule is C[C@H](Oc1cc(B2OC(C)(C)C(C)(C)O2)cn2ncc(C#N)c12)c1ccccn1. The van der Waals surface area contributed by atoms with E-state index in [0.29, 0.717) is 16.8 Å². The molecule has 0 unspecified atom stereocenters. The topological polar surface area (TPSA) is 81.7 Å². The molecule has 0 N–H and O–H groups in total. The molecule has 1 aliphatic rings. The Morgan fingerprint density at radius 1 is 1.21 bits per heavy atom. The van der Waals surface area contributed by atoms with Gasteiger partial charge in [0, 0.05) is 17.9 Å². The summed E-state index contributed by atoms with van der Waals surface area (Å²) in [5, 5.41) is 13.8. The summed E-state index contributed by atoms with van der Waals surface area (Å²) in [4.78, 5) is 4.36. The molecule has 0 aliphatic carbocycles. The van der Waals surface area contributed by atoms with E-state index in [0.717, 1.165) is 11.2 Å². The summed E-state index contributed by atoms with van der Waals surface area (Å²) < 4.78 is 20.2. The number of nitrogens with zero attached hydrogens (tertiary/aromatic N) is 4. The number of nitriles is 1. The minimum absolute atomic E-state index is 0.310. The highest BCUT2D eigenvalue weighted by Gasteiger charge is 2.52. The molecular formula is C21H23BN4O3. The Balaban J connectivity index is 1.76. The third-order valence-corrected chi connectivity index (χ3v) is 5.65. The van der Waals surface area contributed by atoms with E-state index in [9.17, 15) is 5.26 Å². The lowest BCUT2D eigenvalue weighted by Crippen LogP contribution is -2.41. The van der Waals surface area contributed by atoms with Crippen LogP contribution >= 0.6 is 0 Å². The van der Waals surface area contributed by atoms with Crippen molar-refractivity contribution in [2.24, 2.45) is 0 Å². The van der Waals surface area contributed by atoms with Gasteiger partial charge in [0.05, 0.1) is 23.1 Å². The Labute approximate surface area is 170 Å². The van der Waals surface area contributed by atoms with Gasteiger partial charge in [0.15, 0.2) is 0 Å². The average Bonchev–Trinajstić information content (AvgIpc) is 3.20. The van der Waals surface area contributed by atoms with Crippen molar-refractivity contribution in [2.75, 3.05) is 0 Å². The van der Waals surface area contributed by atoms with Gasteiger partial charge in [-0.2, -0.15) is 10.4 Å². The molecule has 0 radical (unpaired) electrons. The summed E-state index contributed by atoms with van der Waals surface area (Å²) in [5.41, 5.74) is 1.69. The van der Waals surface area contributed by atoms with Crippen LogP contribution in [0.1, 0.15) is 52.0 Å². The summed E-state index contributed by atoms with van der Waals surface area (Å²) in [5.74, 6) is 0.532. The smallest absolute Gasteiger partial charge is 0.482 e. The van der Waals surface area contributed by atoms with E-state index >= 15 is 0 Å². The normalized spacial score (nSPS) is 18.6. The van der Waals surface area contributed by atoms with Crippen LogP contribution in [0.5, 0.6) is 5.75 Å². The van der Waals surface area contributed by atoms with E-state index in [1.54, 1.807) is 10.7 Å². The van der Waals surface area contributed by atoms with Gasteiger partial charge in [-0.05, 0) is 52.8 Å². The third-order valence-electron chi connectivity index (χ3n) is 5.65. The molecule has 0 bridgehead atoms. The summed E-state index contributed by atoms with van der Waals surface area (Å²) in [6, 6.07) is 9.72. The third kappa shape index (κ3) is 3.37. The zero-order chi connectivity index (χ0) is 20.8. The van der Waals surface area contributed by atoms with Crippen LogP contribution in [-0.4, -0.2) is 32.9 Å². The lowest BCUT2D eigenvalue weighted by Gasteiger charge is -2.32. The molecule has 1 aliphatic heterocycles. The highest BCUT2D eigenvalue weighted by Crippen LogP contribution is 2.37. The zero-order valence-electron chi connectivity index (χ0n) is 17.2. The van der Waals surface area contributed by atoms with Gasteiger partial charge in [0.1, 0.15) is 29.0 Å². The first-order valence-electron chi connectivity index (χ1n) is 9.56. The summed E-state index contributed by atoms with van der Waals surface area (Å²) in [6.07, 6.45) is 4.76. The monoisotopic (exact) mass is 390 g/mol. The Kier molecular flexibility index (Phi) is 4.60. The molecule has 8 heteroatoms. The van der Waals surface area contributed by atoms with E-state index in [-0.39, 0.29) is 6.10 Å². The van der Waals surface area contributed by atoms with Crippen molar-refractivity contribution in [2.45, 2.75) is 51.9 Å². The summed E-state index contributed by atoms with van der Waals surface area (Å²) >= 11 is 0. The maximum absolute atomic E-state index is 9.50. The van der Waals surface area contributed by atoms with Gasteiger partial charge in [-0.3, -0.25) is 4.98 Å². The number of fused-ring (bicyclic) bond motifs is 1. The first-order valence-corrected chi connectivity index (χ1v) is 9.56. The van der Waals surface area contributed by atoms with Crippen LogP contribution < -0.4 is 10.2 Å². The Hall–Kier alpha value is -2.89. The molecule has 0 aromatic carbocycles. The maximum atomic E-state index is 9.50. The highest BCUT2D eigenvalue weighted by molar-refractivity contribution is 6.62. The molecule has 7 nitrogen and oxygen atoms in total. The van der Waals surface area contributed by atoms with E-state index in [4.69, 9.17) is 14.0 Å². The van der Waals surface area contributed by atoms with Crippen molar-refractivity contribution in [1.29, 1.82) is 5.26 Å².